The van der Waals surface area contributed by atoms with Crippen molar-refractivity contribution >= 4 is 82.1 Å². The minimum Gasteiger partial charge on any atom is -0.278 e. The predicted octanol–water partition coefficient (Wildman–Crippen LogP) is 10.0. The number of aromatic nitrogens is 4. The summed E-state index contributed by atoms with van der Waals surface area (Å²) in [5.41, 5.74) is 3.98. The van der Waals surface area contributed by atoms with Gasteiger partial charge in [0.05, 0.1) is 11.0 Å². The summed E-state index contributed by atoms with van der Waals surface area (Å²) in [5, 5.41) is 10.4. The predicted molar refractivity (Wildman–Crippen MR) is 242 cm³/mol. The molecule has 0 aliphatic carbocycles. The van der Waals surface area contributed by atoms with Crippen molar-refractivity contribution in [1.82, 2.24) is 19.5 Å². The highest BCUT2D eigenvalue weighted by Crippen LogP contribution is 2.35. The molecule has 6 heteroatoms. The fourth-order valence-corrected chi connectivity index (χ4v) is 15.3. The minimum atomic E-state index is -2.95. The van der Waals surface area contributed by atoms with Crippen LogP contribution in [0.25, 0.3) is 70.7 Å². The molecule has 0 radical (unpaired) electrons. The van der Waals surface area contributed by atoms with E-state index >= 15 is 0 Å². The maximum absolute atomic E-state index is 5.19. The van der Waals surface area contributed by atoms with Gasteiger partial charge in [0.2, 0.25) is 5.95 Å². The van der Waals surface area contributed by atoms with Gasteiger partial charge in [0, 0.05) is 42.1 Å². The molecule has 0 saturated carbocycles. The van der Waals surface area contributed by atoms with Crippen LogP contribution in [0.2, 0.25) is 0 Å². The first-order chi connectivity index (χ1) is 28.3. The lowest BCUT2D eigenvalue weighted by molar-refractivity contribution is 0.953. The van der Waals surface area contributed by atoms with Crippen molar-refractivity contribution in [1.29, 1.82) is 0 Å². The van der Waals surface area contributed by atoms with E-state index in [1.807, 2.05) is 47.7 Å². The van der Waals surface area contributed by atoms with Gasteiger partial charge in [-0.3, -0.25) is 4.57 Å². The van der Waals surface area contributed by atoms with Gasteiger partial charge in [-0.05, 0) is 38.9 Å². The quantitative estimate of drug-likeness (QED) is 0.120. The first-order valence-corrected chi connectivity index (χ1v) is 22.0. The Bertz CT molecular complexity index is 3140. The Morgan fingerprint density at radius 3 is 1.56 bits per heavy atom. The number of thiophene rings is 1. The van der Waals surface area contributed by atoms with E-state index < -0.39 is 8.07 Å². The van der Waals surface area contributed by atoms with Crippen LogP contribution < -0.4 is 20.7 Å². The molecule has 8 aromatic carbocycles. The summed E-state index contributed by atoms with van der Waals surface area (Å²) in [5.74, 6) is 1.86. The Balaban J connectivity index is 1.23. The molecule has 0 amide bonds. The molecular formula is C51H34N4SSi. The summed E-state index contributed by atoms with van der Waals surface area (Å²) in [6.45, 7) is 0. The lowest BCUT2D eigenvalue weighted by Gasteiger charge is -2.35. The van der Waals surface area contributed by atoms with Gasteiger partial charge in [-0.25, -0.2) is 4.98 Å². The molecule has 11 rings (SSSR count). The topological polar surface area (TPSA) is 43.6 Å². The van der Waals surface area contributed by atoms with E-state index in [-0.39, 0.29) is 0 Å². The zero-order valence-corrected chi connectivity index (χ0v) is 32.6. The second kappa shape index (κ2) is 13.6. The first kappa shape index (κ1) is 33.4. The maximum Gasteiger partial charge on any atom is 0.238 e. The average Bonchev–Trinajstić information content (AvgIpc) is 3.84. The SMILES string of the molecule is c1ccc(-c2nc(-c3ccccc3)nc(-n3c4ccccc4c4cc([Si](c5ccccc5)(c5ccccc5)c5cccc6c5sc5ccccc56)ccc43)n2)cc1. The minimum absolute atomic E-state index is 0.589. The summed E-state index contributed by atoms with van der Waals surface area (Å²) in [6.07, 6.45) is 0. The molecule has 0 bridgehead atoms. The van der Waals surface area contributed by atoms with Crippen molar-refractivity contribution in [3.63, 3.8) is 0 Å². The molecule has 4 nitrogen and oxygen atoms in total. The second-order valence-corrected chi connectivity index (χ2v) is 19.2. The van der Waals surface area contributed by atoms with E-state index in [2.05, 4.69) is 174 Å². The molecule has 0 aliphatic rings. The number of hydrogen-bond donors (Lipinski definition) is 0. The zero-order valence-electron chi connectivity index (χ0n) is 30.8. The van der Waals surface area contributed by atoms with E-state index in [1.165, 1.54) is 46.3 Å². The van der Waals surface area contributed by atoms with Crippen LogP contribution in [-0.4, -0.2) is 27.6 Å². The summed E-state index contributed by atoms with van der Waals surface area (Å²) >= 11 is 1.91. The van der Waals surface area contributed by atoms with Crippen LogP contribution in [0, 0.1) is 0 Å². The van der Waals surface area contributed by atoms with Crippen molar-refractivity contribution in [3.05, 3.63) is 206 Å². The van der Waals surface area contributed by atoms with Crippen molar-refractivity contribution in [2.24, 2.45) is 0 Å². The van der Waals surface area contributed by atoms with Crippen LogP contribution in [-0.2, 0) is 0 Å². The van der Waals surface area contributed by atoms with Gasteiger partial charge in [-0.1, -0.05) is 188 Å². The molecule has 0 aliphatic heterocycles. The van der Waals surface area contributed by atoms with Crippen LogP contribution >= 0.6 is 11.3 Å². The van der Waals surface area contributed by atoms with E-state index in [0.717, 1.165) is 27.5 Å². The lowest BCUT2D eigenvalue weighted by Crippen LogP contribution is -2.74. The molecule has 0 atom stereocenters. The highest BCUT2D eigenvalue weighted by atomic mass is 32.1. The smallest absolute Gasteiger partial charge is 0.238 e. The third kappa shape index (κ3) is 5.37. The summed E-state index contributed by atoms with van der Waals surface area (Å²) in [7, 11) is -2.95. The van der Waals surface area contributed by atoms with Crippen LogP contribution in [0.1, 0.15) is 0 Å². The van der Waals surface area contributed by atoms with Gasteiger partial charge < -0.3 is 0 Å². The highest BCUT2D eigenvalue weighted by molar-refractivity contribution is 7.30. The normalized spacial score (nSPS) is 11.9. The first-order valence-electron chi connectivity index (χ1n) is 19.2. The average molecular weight is 763 g/mol. The molecule has 0 N–H and O–H groups in total. The van der Waals surface area contributed by atoms with Crippen LogP contribution in [0.4, 0.5) is 0 Å². The van der Waals surface area contributed by atoms with E-state index in [0.29, 0.717) is 17.6 Å². The lowest BCUT2D eigenvalue weighted by atomic mass is 10.1. The summed E-state index contributed by atoms with van der Waals surface area (Å²) < 4.78 is 4.88. The zero-order chi connectivity index (χ0) is 37.8. The summed E-state index contributed by atoms with van der Waals surface area (Å²) in [6, 6.07) is 74.4. The Hall–Kier alpha value is -6.99. The largest absolute Gasteiger partial charge is 0.278 e. The molecule has 3 aromatic heterocycles. The third-order valence-electron chi connectivity index (χ3n) is 11.2. The van der Waals surface area contributed by atoms with Crippen molar-refractivity contribution in [3.8, 4) is 28.7 Å². The van der Waals surface area contributed by atoms with Gasteiger partial charge in [-0.15, -0.1) is 11.3 Å². The van der Waals surface area contributed by atoms with Gasteiger partial charge >= 0.3 is 0 Å². The maximum atomic E-state index is 5.19. The van der Waals surface area contributed by atoms with Gasteiger partial charge in [0.1, 0.15) is 0 Å². The molecule has 57 heavy (non-hydrogen) atoms. The molecule has 3 heterocycles. The van der Waals surface area contributed by atoms with Gasteiger partial charge in [-0.2, -0.15) is 9.97 Å². The Morgan fingerprint density at radius 1 is 0.386 bits per heavy atom. The number of fused-ring (bicyclic) bond motifs is 6. The highest BCUT2D eigenvalue weighted by Gasteiger charge is 2.43. The van der Waals surface area contributed by atoms with Crippen LogP contribution in [0.15, 0.2) is 206 Å². The van der Waals surface area contributed by atoms with Crippen molar-refractivity contribution in [2.45, 2.75) is 0 Å². The number of rotatable bonds is 7. The molecule has 0 fully saturated rings. The fraction of sp³-hybridized carbons (Fsp3) is 0. The van der Waals surface area contributed by atoms with Crippen molar-refractivity contribution < 1.29 is 0 Å². The Morgan fingerprint density at radius 2 is 0.912 bits per heavy atom. The second-order valence-electron chi connectivity index (χ2n) is 14.4. The molecular weight excluding hydrogens is 729 g/mol. The molecule has 268 valence electrons. The number of hydrogen-bond acceptors (Lipinski definition) is 4. The van der Waals surface area contributed by atoms with E-state index in [9.17, 15) is 0 Å². The van der Waals surface area contributed by atoms with Crippen LogP contribution in [0.5, 0.6) is 0 Å². The number of benzene rings is 8. The number of nitrogens with zero attached hydrogens (tertiary/aromatic N) is 4. The summed E-state index contributed by atoms with van der Waals surface area (Å²) in [4.78, 5) is 15.4. The monoisotopic (exact) mass is 762 g/mol. The van der Waals surface area contributed by atoms with Gasteiger partial charge in [0.25, 0.3) is 0 Å². The van der Waals surface area contributed by atoms with Crippen LogP contribution in [0.3, 0.4) is 0 Å². The van der Waals surface area contributed by atoms with Gasteiger partial charge in [0.15, 0.2) is 19.7 Å². The Labute approximate surface area is 335 Å². The van der Waals surface area contributed by atoms with Crippen molar-refractivity contribution in [2.75, 3.05) is 0 Å². The number of para-hydroxylation sites is 1. The molecule has 0 spiro atoms. The Kier molecular flexibility index (Phi) is 7.98. The van der Waals surface area contributed by atoms with E-state index in [4.69, 9.17) is 15.0 Å². The fourth-order valence-electron chi connectivity index (χ4n) is 8.70. The molecule has 11 aromatic rings. The van der Waals surface area contributed by atoms with E-state index in [1.54, 1.807) is 0 Å². The molecule has 0 unspecified atom stereocenters. The molecule has 0 saturated heterocycles. The standard InChI is InChI=1S/C51H34N4SSi/c1-5-18-35(19-6-1)49-52-50(36-20-7-2-8-21-36)54-51(53-49)55-44-29-15-13-26-40(44)43-34-39(32-33-45(43)55)57(37-22-9-3-10-23-37,38-24-11-4-12-25-38)47-31-17-28-42-41-27-14-16-30-46(41)56-48(42)47/h1-34H. The third-order valence-corrected chi connectivity index (χ3v) is 17.4.